The van der Waals surface area contributed by atoms with E-state index in [1.165, 1.54) is 12.1 Å². The fourth-order valence-electron chi connectivity index (χ4n) is 7.20. The Kier molecular flexibility index (Phi) is 6.98. The second-order valence-electron chi connectivity index (χ2n) is 12.0. The molecule has 8 nitrogen and oxygen atoms in total. The number of aromatic nitrogens is 1. The number of halogens is 2. The second-order valence-corrected chi connectivity index (χ2v) is 12.4. The maximum atomic E-state index is 16.9. The number of nitrogens with one attached hydrogen (secondary N) is 1. The molecule has 10 heteroatoms. The van der Waals surface area contributed by atoms with E-state index < -0.39 is 11.2 Å². The van der Waals surface area contributed by atoms with Gasteiger partial charge in [0.15, 0.2) is 5.82 Å². The molecule has 7 rings (SSSR count). The van der Waals surface area contributed by atoms with Crippen LogP contribution >= 0.6 is 11.6 Å². The summed E-state index contributed by atoms with van der Waals surface area (Å²) in [7, 11) is 2.04. The maximum absolute atomic E-state index is 16.9. The van der Waals surface area contributed by atoms with E-state index in [1.54, 1.807) is 17.0 Å². The van der Waals surface area contributed by atoms with E-state index in [9.17, 15) is 14.7 Å². The molecule has 4 aromatic rings. The van der Waals surface area contributed by atoms with Crippen LogP contribution in [0.1, 0.15) is 31.2 Å². The molecule has 226 valence electrons. The Bertz CT molecular complexity index is 1870. The Labute approximate surface area is 259 Å². The lowest BCUT2D eigenvalue weighted by Gasteiger charge is -2.38. The topological polar surface area (TPSA) is 95.0 Å². The third-order valence-electron chi connectivity index (χ3n) is 9.59. The lowest BCUT2D eigenvalue weighted by atomic mass is 9.72. The predicted molar refractivity (Wildman–Crippen MR) is 169 cm³/mol. The van der Waals surface area contributed by atoms with Gasteiger partial charge in [-0.3, -0.25) is 9.59 Å². The maximum Gasteiger partial charge on any atom is 0.245 e. The Balaban J connectivity index is 1.44. The van der Waals surface area contributed by atoms with Crippen LogP contribution in [0.5, 0.6) is 11.6 Å². The van der Waals surface area contributed by atoms with Crippen molar-refractivity contribution in [3.63, 3.8) is 0 Å². The first-order valence-corrected chi connectivity index (χ1v) is 15.2. The monoisotopic (exact) mass is 614 g/mol. The zero-order valence-electron chi connectivity index (χ0n) is 24.3. The van der Waals surface area contributed by atoms with Crippen LogP contribution in [0.2, 0.25) is 5.02 Å². The first kappa shape index (κ1) is 28.6. The molecular weight excluding hydrogens is 583 g/mol. The summed E-state index contributed by atoms with van der Waals surface area (Å²) in [6.45, 7) is 5.58. The van der Waals surface area contributed by atoms with Crippen LogP contribution < -0.4 is 10.1 Å². The van der Waals surface area contributed by atoms with E-state index >= 15 is 4.39 Å². The summed E-state index contributed by atoms with van der Waals surface area (Å²) in [5.41, 5.74) is 0.580. The molecule has 2 N–H and O–H groups in total. The minimum absolute atomic E-state index is 0.0181. The van der Waals surface area contributed by atoms with Gasteiger partial charge >= 0.3 is 0 Å². The van der Waals surface area contributed by atoms with Crippen LogP contribution in [0.3, 0.4) is 0 Å². The highest BCUT2D eigenvalue weighted by molar-refractivity contribution is 6.35. The summed E-state index contributed by atoms with van der Waals surface area (Å²) in [5, 5.41) is 15.5. The number of anilines is 1. The fourth-order valence-corrected chi connectivity index (χ4v) is 7.49. The van der Waals surface area contributed by atoms with Crippen molar-refractivity contribution in [2.45, 2.75) is 37.1 Å². The number of pyridine rings is 1. The number of aromatic hydroxyl groups is 1. The van der Waals surface area contributed by atoms with E-state index in [-0.39, 0.29) is 45.6 Å². The normalized spacial score (nSPS) is 19.5. The smallest absolute Gasteiger partial charge is 0.245 e. The zero-order valence-corrected chi connectivity index (χ0v) is 25.1. The van der Waals surface area contributed by atoms with E-state index in [4.69, 9.17) is 21.3 Å². The molecule has 1 aromatic heterocycles. The van der Waals surface area contributed by atoms with Crippen molar-refractivity contribution in [3.8, 4) is 22.8 Å². The van der Waals surface area contributed by atoms with Crippen LogP contribution in [0, 0.1) is 5.82 Å². The van der Waals surface area contributed by atoms with Crippen molar-refractivity contribution in [1.29, 1.82) is 0 Å². The number of fused-ring (bicyclic) bond motifs is 5. The molecule has 3 aromatic carbocycles. The van der Waals surface area contributed by atoms with Gasteiger partial charge in [0.1, 0.15) is 23.6 Å². The number of likely N-dealkylation sites (tertiary alicyclic amines) is 2. The number of rotatable bonds is 5. The number of piperidine rings is 1. The number of nitrogens with zero attached hydrogens (tertiary/aromatic N) is 3. The number of phenols is 1. The van der Waals surface area contributed by atoms with Crippen LogP contribution in [0.15, 0.2) is 55.1 Å². The molecule has 44 heavy (non-hydrogen) atoms. The van der Waals surface area contributed by atoms with Gasteiger partial charge in [-0.05, 0) is 79.9 Å². The third-order valence-corrected chi connectivity index (χ3v) is 9.89. The zero-order chi connectivity index (χ0) is 30.7. The van der Waals surface area contributed by atoms with Crippen LogP contribution in [-0.4, -0.2) is 71.0 Å². The summed E-state index contributed by atoms with van der Waals surface area (Å²) < 4.78 is 23.2. The molecule has 3 aliphatic heterocycles. The molecule has 0 unspecified atom stereocenters. The average molecular weight is 615 g/mol. The summed E-state index contributed by atoms with van der Waals surface area (Å²) in [6, 6.07) is 12.3. The highest BCUT2D eigenvalue weighted by Crippen LogP contribution is 2.53. The number of carbonyl (C=O) groups excluding carboxylic acids is 2. The van der Waals surface area contributed by atoms with E-state index in [2.05, 4.69) is 16.8 Å². The molecule has 0 bridgehead atoms. The van der Waals surface area contributed by atoms with Crippen LogP contribution in [-0.2, 0) is 15.0 Å². The van der Waals surface area contributed by atoms with Gasteiger partial charge in [-0.25, -0.2) is 9.37 Å². The summed E-state index contributed by atoms with van der Waals surface area (Å²) in [4.78, 5) is 34.8. The summed E-state index contributed by atoms with van der Waals surface area (Å²) >= 11 is 6.89. The molecular formula is C34H32ClFN4O4. The quantitative estimate of drug-likeness (QED) is 0.267. The van der Waals surface area contributed by atoms with Gasteiger partial charge < -0.3 is 25.0 Å². The van der Waals surface area contributed by atoms with Gasteiger partial charge in [0.2, 0.25) is 17.7 Å². The van der Waals surface area contributed by atoms with Gasteiger partial charge in [-0.15, -0.1) is 0 Å². The van der Waals surface area contributed by atoms with Gasteiger partial charge in [-0.2, -0.15) is 0 Å². The van der Waals surface area contributed by atoms with Crippen molar-refractivity contribution < 1.29 is 23.8 Å². The summed E-state index contributed by atoms with van der Waals surface area (Å²) in [5.74, 6) is -0.941. The number of ether oxygens (including phenoxy) is 1. The first-order chi connectivity index (χ1) is 21.2. The molecule has 0 aliphatic carbocycles. The van der Waals surface area contributed by atoms with Crippen molar-refractivity contribution in [3.05, 3.63) is 71.5 Å². The number of hydrogen-bond donors (Lipinski definition) is 2. The van der Waals surface area contributed by atoms with Crippen LogP contribution in [0.4, 0.5) is 10.1 Å². The van der Waals surface area contributed by atoms with Crippen molar-refractivity contribution in [2.24, 2.45) is 0 Å². The third kappa shape index (κ3) is 4.40. The minimum Gasteiger partial charge on any atom is -0.508 e. The number of carbonyl (C=O) groups is 2. The standard InChI is InChI=1S/C34H32ClFN4O4/c1-3-26(42)40-13-10-34(11-14-40)28-24-17-25(35)27(23-16-21(41)15-19-7-4-5-9-22(19)23)29(36)30(24)37-32(31(28)38-33(34)43)44-18-20-8-6-12-39(20)2/h3-5,7,9,15-17,20,41H,1,6,8,10-14,18H2,2H3,(H,38,43)/t20-/m0/s1. The van der Waals surface area contributed by atoms with Crippen LogP contribution in [0.25, 0.3) is 32.8 Å². The molecule has 1 atom stereocenters. The predicted octanol–water partition coefficient (Wildman–Crippen LogP) is 6.02. The molecule has 0 radical (unpaired) electrons. The molecule has 0 saturated carbocycles. The van der Waals surface area contributed by atoms with Gasteiger partial charge in [0.05, 0.1) is 10.4 Å². The number of phenolic OH excluding ortho intramolecular Hbond substituents is 1. The van der Waals surface area contributed by atoms with E-state index in [0.29, 0.717) is 54.7 Å². The van der Waals surface area contributed by atoms with Gasteiger partial charge in [0, 0.05) is 35.6 Å². The number of benzene rings is 3. The molecule has 1 spiro atoms. The molecule has 3 aliphatic rings. The Morgan fingerprint density at radius 2 is 2.00 bits per heavy atom. The highest BCUT2D eigenvalue weighted by Gasteiger charge is 2.51. The van der Waals surface area contributed by atoms with Gasteiger partial charge in [0.25, 0.3) is 0 Å². The molecule has 4 heterocycles. The SMILES string of the molecule is C=CC(=O)N1CCC2(CC1)C(=O)Nc1c(OC[C@@H]3CCCN3C)nc3c(F)c(-c4cc(O)cc5ccccc45)c(Cl)cc3c12. The fraction of sp³-hybridized carbons (Fsp3) is 0.324. The Hall–Kier alpha value is -4.21. The molecule has 2 amide bonds. The summed E-state index contributed by atoms with van der Waals surface area (Å²) in [6.07, 6.45) is 3.98. The van der Waals surface area contributed by atoms with Crippen molar-refractivity contribution in [2.75, 3.05) is 38.6 Å². The Morgan fingerprint density at radius 3 is 2.73 bits per heavy atom. The Morgan fingerprint density at radius 1 is 1.23 bits per heavy atom. The number of amides is 2. The van der Waals surface area contributed by atoms with Crippen molar-refractivity contribution >= 4 is 50.8 Å². The second kappa shape index (κ2) is 10.7. The lowest BCUT2D eigenvalue weighted by Crippen LogP contribution is -2.48. The number of hydrogen-bond acceptors (Lipinski definition) is 6. The van der Waals surface area contributed by atoms with Crippen molar-refractivity contribution in [1.82, 2.24) is 14.8 Å². The van der Waals surface area contributed by atoms with E-state index in [0.717, 1.165) is 30.2 Å². The largest absolute Gasteiger partial charge is 0.508 e. The minimum atomic E-state index is -1.02. The highest BCUT2D eigenvalue weighted by atomic mass is 35.5. The van der Waals surface area contributed by atoms with E-state index in [1.807, 2.05) is 31.3 Å². The molecule has 2 saturated heterocycles. The molecule has 2 fully saturated rings. The first-order valence-electron chi connectivity index (χ1n) is 14.9. The lowest BCUT2D eigenvalue weighted by molar-refractivity contribution is -0.131. The number of likely N-dealkylation sites (N-methyl/N-ethyl adjacent to an activating group) is 1. The average Bonchev–Trinajstić information content (AvgIpc) is 3.55. The van der Waals surface area contributed by atoms with Gasteiger partial charge in [-0.1, -0.05) is 42.4 Å².